The minimum atomic E-state index is -3.83. The molecule has 0 saturated carbocycles. The molecule has 126 valence electrons. The van der Waals surface area contributed by atoms with E-state index in [4.69, 9.17) is 15.6 Å². The van der Waals surface area contributed by atoms with Gasteiger partial charge in [-0.1, -0.05) is 5.21 Å². The van der Waals surface area contributed by atoms with Crippen molar-refractivity contribution in [2.45, 2.75) is 17.5 Å². The molecule has 12 heteroatoms. The number of sulfonamides is 1. The van der Waals surface area contributed by atoms with Gasteiger partial charge in [0, 0.05) is 0 Å². The van der Waals surface area contributed by atoms with Gasteiger partial charge in [-0.15, -0.1) is 16.4 Å². The molecule has 0 unspecified atom stereocenters. The number of benzene rings is 1. The van der Waals surface area contributed by atoms with Gasteiger partial charge in [0.05, 0.1) is 16.4 Å². The highest BCUT2D eigenvalue weighted by Gasteiger charge is 2.15. The number of primary amides is 1. The Morgan fingerprint density at radius 2 is 2.17 bits per heavy atom. The summed E-state index contributed by atoms with van der Waals surface area (Å²) in [5.74, 6) is -0.00903. The minimum Gasteiger partial charge on any atom is -0.487 e. The fourth-order valence-electron chi connectivity index (χ4n) is 1.89. The Kier molecular flexibility index (Phi) is 4.17. The maximum absolute atomic E-state index is 11.3. The monoisotopic (exact) mass is 368 g/mol. The van der Waals surface area contributed by atoms with Crippen molar-refractivity contribution in [3.05, 3.63) is 30.1 Å². The Morgan fingerprint density at radius 3 is 2.88 bits per heavy atom. The lowest BCUT2D eigenvalue weighted by Gasteiger charge is -2.03. The normalized spacial score (nSPS) is 11.7. The molecule has 0 atom stereocenters. The second-order valence-corrected chi connectivity index (χ2v) is 7.58. The van der Waals surface area contributed by atoms with Crippen molar-refractivity contribution in [2.24, 2.45) is 10.9 Å². The molecular formula is C12H12N6O4S2. The molecule has 0 aliphatic carbocycles. The van der Waals surface area contributed by atoms with Crippen LogP contribution in [0.5, 0.6) is 5.75 Å². The number of carbonyl (C=O) groups is 1. The van der Waals surface area contributed by atoms with Gasteiger partial charge in [0.1, 0.15) is 24.6 Å². The lowest BCUT2D eigenvalue weighted by atomic mass is 10.3. The van der Waals surface area contributed by atoms with Crippen LogP contribution in [0.4, 0.5) is 0 Å². The van der Waals surface area contributed by atoms with E-state index in [0.717, 1.165) is 11.3 Å². The van der Waals surface area contributed by atoms with Crippen LogP contribution in [0, 0.1) is 0 Å². The number of carbonyl (C=O) groups excluding carboxylic acids is 1. The Morgan fingerprint density at radius 1 is 1.38 bits per heavy atom. The van der Waals surface area contributed by atoms with Crippen molar-refractivity contribution in [1.82, 2.24) is 20.0 Å². The molecule has 10 nitrogen and oxygen atoms in total. The van der Waals surface area contributed by atoms with Crippen molar-refractivity contribution in [2.75, 3.05) is 0 Å². The number of nitrogens with zero attached hydrogens (tertiary/aromatic N) is 4. The van der Waals surface area contributed by atoms with Crippen molar-refractivity contribution < 1.29 is 17.9 Å². The van der Waals surface area contributed by atoms with Crippen LogP contribution >= 0.6 is 11.3 Å². The van der Waals surface area contributed by atoms with Crippen LogP contribution in [-0.4, -0.2) is 34.3 Å². The quantitative estimate of drug-likeness (QED) is 0.599. The largest absolute Gasteiger partial charge is 0.487 e. The molecule has 0 aliphatic rings. The fourth-order valence-corrected chi connectivity index (χ4v) is 3.58. The van der Waals surface area contributed by atoms with E-state index >= 15 is 0 Å². The van der Waals surface area contributed by atoms with E-state index in [1.165, 1.54) is 4.68 Å². The summed E-state index contributed by atoms with van der Waals surface area (Å²) in [6, 6.07) is 4.96. The smallest absolute Gasteiger partial charge is 0.265 e. The Hall–Kier alpha value is -2.57. The van der Waals surface area contributed by atoms with Crippen molar-refractivity contribution >= 4 is 37.5 Å². The van der Waals surface area contributed by atoms with E-state index in [-0.39, 0.29) is 17.5 Å². The molecule has 1 aromatic carbocycles. The third-order valence-corrected chi connectivity index (χ3v) is 5.21. The second-order valence-electron chi connectivity index (χ2n) is 4.82. The van der Waals surface area contributed by atoms with Crippen LogP contribution in [0.15, 0.2) is 28.7 Å². The van der Waals surface area contributed by atoms with Crippen LogP contribution in [0.3, 0.4) is 0 Å². The fraction of sp³-hybridized carbons (Fsp3) is 0.167. The van der Waals surface area contributed by atoms with Crippen LogP contribution in [-0.2, 0) is 28.0 Å². The molecule has 0 spiro atoms. The molecule has 0 aliphatic heterocycles. The van der Waals surface area contributed by atoms with E-state index in [1.807, 2.05) is 0 Å². The summed E-state index contributed by atoms with van der Waals surface area (Å²) in [5, 5.41) is 12.7. The number of thiazole rings is 1. The van der Waals surface area contributed by atoms with Gasteiger partial charge in [-0.3, -0.25) is 4.79 Å². The molecular weight excluding hydrogens is 356 g/mol. The van der Waals surface area contributed by atoms with Crippen molar-refractivity contribution in [3.8, 4) is 5.75 Å². The number of hydrogen-bond acceptors (Lipinski definition) is 8. The standard InChI is InChI=1S/C12H12N6O4S2/c13-11(19)5-18-4-7(16-17-18)6-22-8-1-2-9-10(3-8)23-12(15-9)24(14,20)21/h1-4H,5-6H2,(H2,13,19)(H2,14,20,21). The van der Waals surface area contributed by atoms with Crippen LogP contribution < -0.4 is 15.6 Å². The summed E-state index contributed by atoms with van der Waals surface area (Å²) < 4.78 is 30.0. The zero-order valence-electron chi connectivity index (χ0n) is 12.1. The molecule has 0 radical (unpaired) electrons. The zero-order chi connectivity index (χ0) is 17.3. The number of amides is 1. The first-order valence-electron chi connectivity index (χ1n) is 6.55. The number of hydrogen-bond donors (Lipinski definition) is 2. The number of fused-ring (bicyclic) bond motifs is 1. The molecule has 3 rings (SSSR count). The topological polar surface area (TPSA) is 156 Å². The predicted molar refractivity (Wildman–Crippen MR) is 84.5 cm³/mol. The molecule has 2 aromatic heterocycles. The third kappa shape index (κ3) is 3.67. The highest BCUT2D eigenvalue weighted by atomic mass is 32.2. The molecule has 1 amide bonds. The number of primary sulfonamides is 1. The molecule has 24 heavy (non-hydrogen) atoms. The first-order chi connectivity index (χ1) is 11.3. The molecule has 2 heterocycles. The van der Waals surface area contributed by atoms with Gasteiger partial charge in [0.15, 0.2) is 0 Å². The van der Waals surface area contributed by atoms with Gasteiger partial charge < -0.3 is 10.5 Å². The highest BCUT2D eigenvalue weighted by Crippen LogP contribution is 2.28. The SMILES string of the molecule is NC(=O)Cn1cc(COc2ccc3nc(S(N)(=O)=O)sc3c2)nn1. The van der Waals surface area contributed by atoms with Crippen molar-refractivity contribution in [3.63, 3.8) is 0 Å². The van der Waals surface area contributed by atoms with Crippen LogP contribution in [0.25, 0.3) is 10.2 Å². The van der Waals surface area contributed by atoms with Gasteiger partial charge in [0.2, 0.25) is 10.2 Å². The molecule has 4 N–H and O–H groups in total. The second kappa shape index (κ2) is 6.14. The first kappa shape index (κ1) is 16.3. The first-order valence-corrected chi connectivity index (χ1v) is 8.91. The summed E-state index contributed by atoms with van der Waals surface area (Å²) in [7, 11) is -3.83. The number of nitrogens with two attached hydrogens (primary N) is 2. The summed E-state index contributed by atoms with van der Waals surface area (Å²) in [6.07, 6.45) is 1.55. The van der Waals surface area contributed by atoms with Gasteiger partial charge in [-0.05, 0) is 18.2 Å². The van der Waals surface area contributed by atoms with E-state index in [9.17, 15) is 13.2 Å². The number of aromatic nitrogens is 4. The average Bonchev–Trinajstić information content (AvgIpc) is 3.09. The number of ether oxygens (including phenoxy) is 1. The zero-order valence-corrected chi connectivity index (χ0v) is 13.7. The Balaban J connectivity index is 1.73. The summed E-state index contributed by atoms with van der Waals surface area (Å²) in [4.78, 5) is 14.8. The van der Waals surface area contributed by atoms with Crippen molar-refractivity contribution in [1.29, 1.82) is 0 Å². The van der Waals surface area contributed by atoms with E-state index in [0.29, 0.717) is 21.7 Å². The summed E-state index contributed by atoms with van der Waals surface area (Å²) in [5.41, 5.74) is 6.11. The third-order valence-electron chi connectivity index (χ3n) is 2.87. The van der Waals surface area contributed by atoms with Gasteiger partial charge in [-0.25, -0.2) is 23.2 Å². The average molecular weight is 368 g/mol. The Bertz CT molecular complexity index is 1010. The van der Waals surface area contributed by atoms with E-state index in [2.05, 4.69) is 15.3 Å². The van der Waals surface area contributed by atoms with Crippen LogP contribution in [0.2, 0.25) is 0 Å². The van der Waals surface area contributed by atoms with E-state index in [1.54, 1.807) is 24.4 Å². The van der Waals surface area contributed by atoms with Gasteiger partial charge in [0.25, 0.3) is 10.0 Å². The minimum absolute atomic E-state index is 0.0594. The summed E-state index contributed by atoms with van der Waals surface area (Å²) in [6.45, 7) is 0.0707. The predicted octanol–water partition coefficient (Wildman–Crippen LogP) is -0.401. The maximum atomic E-state index is 11.3. The lowest BCUT2D eigenvalue weighted by molar-refractivity contribution is -0.118. The van der Waals surface area contributed by atoms with Gasteiger partial charge in [-0.2, -0.15) is 0 Å². The highest BCUT2D eigenvalue weighted by molar-refractivity contribution is 7.91. The molecule has 0 saturated heterocycles. The number of rotatable bonds is 6. The van der Waals surface area contributed by atoms with Crippen LogP contribution in [0.1, 0.15) is 5.69 Å². The Labute approximate surface area is 140 Å². The van der Waals surface area contributed by atoms with E-state index < -0.39 is 15.9 Å². The van der Waals surface area contributed by atoms with Gasteiger partial charge >= 0.3 is 0 Å². The summed E-state index contributed by atoms with van der Waals surface area (Å²) >= 11 is 0.963. The molecule has 0 bridgehead atoms. The lowest BCUT2D eigenvalue weighted by Crippen LogP contribution is -2.18. The maximum Gasteiger partial charge on any atom is 0.265 e. The molecule has 0 fully saturated rings. The molecule has 3 aromatic rings.